The molecule has 0 aromatic heterocycles. The molecule has 0 saturated heterocycles. The Kier molecular flexibility index (Phi) is 4.00. The number of hydrazine groups is 1. The van der Waals surface area contributed by atoms with E-state index in [-0.39, 0.29) is 23.0 Å². The van der Waals surface area contributed by atoms with Gasteiger partial charge in [-0.05, 0) is 26.0 Å². The van der Waals surface area contributed by atoms with Crippen LogP contribution in [0.5, 0.6) is 0 Å². The average Bonchev–Trinajstić information content (AvgIpc) is 2.26. The number of nitrogens with two attached hydrogens (primary N) is 1. The summed E-state index contributed by atoms with van der Waals surface area (Å²) in [5, 5.41) is 13.5. The average molecular weight is 238 g/mol. The summed E-state index contributed by atoms with van der Waals surface area (Å²) in [7, 11) is 0. The van der Waals surface area contributed by atoms with E-state index in [0.29, 0.717) is 0 Å². The van der Waals surface area contributed by atoms with Crippen molar-refractivity contribution in [2.75, 3.05) is 5.43 Å². The van der Waals surface area contributed by atoms with Crippen LogP contribution in [0.4, 0.5) is 11.4 Å². The molecule has 0 aliphatic rings. The SMILES string of the molecule is CC(C)NC(=O)c1cccc(NN)c1[N+](=O)[O-]. The number of hydrogen-bond acceptors (Lipinski definition) is 5. The van der Waals surface area contributed by atoms with Gasteiger partial charge < -0.3 is 10.7 Å². The van der Waals surface area contributed by atoms with Gasteiger partial charge in [-0.2, -0.15) is 0 Å². The monoisotopic (exact) mass is 238 g/mol. The van der Waals surface area contributed by atoms with Crippen LogP contribution >= 0.6 is 0 Å². The zero-order valence-electron chi connectivity index (χ0n) is 9.56. The number of rotatable bonds is 4. The van der Waals surface area contributed by atoms with E-state index >= 15 is 0 Å². The normalized spacial score (nSPS) is 10.1. The highest BCUT2D eigenvalue weighted by Crippen LogP contribution is 2.27. The van der Waals surface area contributed by atoms with E-state index in [1.54, 1.807) is 13.8 Å². The molecule has 0 aliphatic carbocycles. The van der Waals surface area contributed by atoms with E-state index < -0.39 is 10.8 Å². The third-order valence-electron chi connectivity index (χ3n) is 2.04. The van der Waals surface area contributed by atoms with Crippen LogP contribution in [0.25, 0.3) is 0 Å². The van der Waals surface area contributed by atoms with Crippen molar-refractivity contribution in [2.45, 2.75) is 19.9 Å². The van der Waals surface area contributed by atoms with Crippen molar-refractivity contribution in [2.24, 2.45) is 5.84 Å². The summed E-state index contributed by atoms with van der Waals surface area (Å²) in [4.78, 5) is 22.1. The second-order valence-corrected chi connectivity index (χ2v) is 3.73. The number of carbonyl (C=O) groups excluding carboxylic acids is 1. The van der Waals surface area contributed by atoms with Gasteiger partial charge in [0.05, 0.1) is 4.92 Å². The lowest BCUT2D eigenvalue weighted by Gasteiger charge is -2.10. The lowest BCUT2D eigenvalue weighted by atomic mass is 10.1. The maximum atomic E-state index is 11.8. The zero-order valence-corrected chi connectivity index (χ0v) is 9.56. The second kappa shape index (κ2) is 5.26. The molecule has 92 valence electrons. The Hall–Kier alpha value is -2.15. The van der Waals surface area contributed by atoms with Crippen LogP contribution in [0, 0.1) is 10.1 Å². The summed E-state index contributed by atoms with van der Waals surface area (Å²) in [6.07, 6.45) is 0. The van der Waals surface area contributed by atoms with E-state index in [2.05, 4.69) is 10.7 Å². The fourth-order valence-electron chi connectivity index (χ4n) is 1.38. The van der Waals surface area contributed by atoms with Crippen LogP contribution in [-0.4, -0.2) is 16.9 Å². The molecule has 0 spiro atoms. The van der Waals surface area contributed by atoms with Gasteiger partial charge in [-0.1, -0.05) is 6.07 Å². The Balaban J connectivity index is 3.23. The fourth-order valence-corrected chi connectivity index (χ4v) is 1.38. The molecule has 1 amide bonds. The molecule has 1 aromatic carbocycles. The minimum atomic E-state index is -0.634. The molecular formula is C10H14N4O3. The third-order valence-corrected chi connectivity index (χ3v) is 2.04. The van der Waals surface area contributed by atoms with Crippen LogP contribution in [0.2, 0.25) is 0 Å². The van der Waals surface area contributed by atoms with Gasteiger partial charge in [-0.3, -0.25) is 20.8 Å². The van der Waals surface area contributed by atoms with Crippen molar-refractivity contribution in [3.05, 3.63) is 33.9 Å². The molecule has 0 radical (unpaired) electrons. The van der Waals surface area contributed by atoms with Gasteiger partial charge in [0.25, 0.3) is 5.91 Å². The number of nitro benzene ring substituents is 1. The van der Waals surface area contributed by atoms with Gasteiger partial charge in [-0.15, -0.1) is 0 Å². The van der Waals surface area contributed by atoms with Gasteiger partial charge in [0, 0.05) is 6.04 Å². The highest BCUT2D eigenvalue weighted by Gasteiger charge is 2.24. The molecule has 17 heavy (non-hydrogen) atoms. The zero-order chi connectivity index (χ0) is 13.0. The molecule has 0 heterocycles. The summed E-state index contributed by atoms with van der Waals surface area (Å²) < 4.78 is 0. The summed E-state index contributed by atoms with van der Waals surface area (Å²) in [5.41, 5.74) is 1.97. The predicted octanol–water partition coefficient (Wildman–Crippen LogP) is 1.02. The molecule has 7 heteroatoms. The topological polar surface area (TPSA) is 110 Å². The van der Waals surface area contributed by atoms with E-state index in [1.807, 2.05) is 0 Å². The van der Waals surface area contributed by atoms with Gasteiger partial charge in [0.15, 0.2) is 0 Å². The number of hydrogen-bond donors (Lipinski definition) is 3. The molecule has 0 fully saturated rings. The quantitative estimate of drug-likeness (QED) is 0.412. The number of nitrogen functional groups attached to an aromatic ring is 1. The van der Waals surface area contributed by atoms with Crippen LogP contribution in [0.15, 0.2) is 18.2 Å². The summed E-state index contributed by atoms with van der Waals surface area (Å²) in [6, 6.07) is 4.25. The Morgan fingerprint density at radius 1 is 1.47 bits per heavy atom. The second-order valence-electron chi connectivity index (χ2n) is 3.73. The number of anilines is 1. The number of carbonyl (C=O) groups is 1. The summed E-state index contributed by atoms with van der Waals surface area (Å²) in [6.45, 7) is 3.55. The van der Waals surface area contributed by atoms with Crippen molar-refractivity contribution in [3.63, 3.8) is 0 Å². The number of amides is 1. The van der Waals surface area contributed by atoms with E-state index in [9.17, 15) is 14.9 Å². The Morgan fingerprint density at radius 2 is 2.12 bits per heavy atom. The van der Waals surface area contributed by atoms with Crippen LogP contribution in [-0.2, 0) is 0 Å². The lowest BCUT2D eigenvalue weighted by Crippen LogP contribution is -2.30. The van der Waals surface area contributed by atoms with Crippen LogP contribution < -0.4 is 16.6 Å². The van der Waals surface area contributed by atoms with Gasteiger partial charge >= 0.3 is 5.69 Å². The lowest BCUT2D eigenvalue weighted by molar-refractivity contribution is -0.384. The molecule has 4 N–H and O–H groups in total. The largest absolute Gasteiger partial charge is 0.350 e. The number of nitrogens with one attached hydrogen (secondary N) is 2. The molecule has 1 aromatic rings. The molecule has 0 bridgehead atoms. The van der Waals surface area contributed by atoms with E-state index in [1.165, 1.54) is 18.2 Å². The fraction of sp³-hybridized carbons (Fsp3) is 0.300. The number of nitro groups is 1. The highest BCUT2D eigenvalue weighted by atomic mass is 16.6. The Morgan fingerprint density at radius 3 is 2.59 bits per heavy atom. The first-order valence-corrected chi connectivity index (χ1v) is 5.02. The Labute approximate surface area is 98.1 Å². The molecular weight excluding hydrogens is 224 g/mol. The van der Waals surface area contributed by atoms with Crippen molar-refractivity contribution in [1.82, 2.24) is 5.32 Å². The molecule has 0 atom stereocenters. The predicted molar refractivity (Wildman–Crippen MR) is 63.5 cm³/mol. The van der Waals surface area contributed by atoms with Gasteiger partial charge in [-0.25, -0.2) is 0 Å². The molecule has 0 saturated carbocycles. The van der Waals surface area contributed by atoms with Crippen molar-refractivity contribution < 1.29 is 9.72 Å². The molecule has 7 nitrogen and oxygen atoms in total. The number of nitrogens with zero attached hydrogens (tertiary/aromatic N) is 1. The van der Waals surface area contributed by atoms with E-state index in [0.717, 1.165) is 0 Å². The number of benzene rings is 1. The van der Waals surface area contributed by atoms with Crippen LogP contribution in [0.3, 0.4) is 0 Å². The van der Waals surface area contributed by atoms with Crippen molar-refractivity contribution in [1.29, 1.82) is 0 Å². The summed E-state index contributed by atoms with van der Waals surface area (Å²) in [5.74, 6) is 4.68. The first-order valence-electron chi connectivity index (χ1n) is 5.02. The highest BCUT2D eigenvalue weighted by molar-refractivity contribution is 6.00. The minimum Gasteiger partial charge on any atom is -0.350 e. The van der Waals surface area contributed by atoms with Gasteiger partial charge in [0.1, 0.15) is 11.3 Å². The van der Waals surface area contributed by atoms with Crippen LogP contribution in [0.1, 0.15) is 24.2 Å². The molecule has 0 aliphatic heterocycles. The van der Waals surface area contributed by atoms with E-state index in [4.69, 9.17) is 5.84 Å². The minimum absolute atomic E-state index is 0.0147. The maximum absolute atomic E-state index is 11.8. The first-order chi connectivity index (χ1) is 7.97. The first kappa shape index (κ1) is 12.9. The Bertz CT molecular complexity index is 445. The third kappa shape index (κ3) is 2.91. The summed E-state index contributed by atoms with van der Waals surface area (Å²) >= 11 is 0. The van der Waals surface area contributed by atoms with Crippen molar-refractivity contribution >= 4 is 17.3 Å². The van der Waals surface area contributed by atoms with Gasteiger partial charge in [0.2, 0.25) is 0 Å². The number of para-hydroxylation sites is 1. The molecule has 0 unspecified atom stereocenters. The van der Waals surface area contributed by atoms with Crippen molar-refractivity contribution in [3.8, 4) is 0 Å². The molecule has 1 rings (SSSR count). The maximum Gasteiger partial charge on any atom is 0.306 e. The smallest absolute Gasteiger partial charge is 0.306 e. The standard InChI is InChI=1S/C10H14N4O3/c1-6(2)12-10(15)7-4-3-5-8(13-11)9(7)14(16)17/h3-6,13H,11H2,1-2H3,(H,12,15).